The van der Waals surface area contributed by atoms with E-state index in [1.54, 1.807) is 0 Å². The van der Waals surface area contributed by atoms with Gasteiger partial charge >= 0.3 is 0 Å². The molecule has 1 aliphatic carbocycles. The molecule has 17 heavy (non-hydrogen) atoms. The number of nitrogens with one attached hydrogen (secondary N) is 1. The number of sulfonamides is 1. The molecule has 0 aliphatic heterocycles. The summed E-state index contributed by atoms with van der Waals surface area (Å²) in [5.74, 6) is 0.431. The van der Waals surface area contributed by atoms with E-state index in [4.69, 9.17) is 10.5 Å². The van der Waals surface area contributed by atoms with Crippen molar-refractivity contribution < 1.29 is 13.2 Å². The standard InChI is InChI=1S/C11H24N2O3S/c1-2-16-6-7-17(14,15)13-9-10-4-3-5-11(12)8-10/h10-11,13H,2-9,12H2,1H3. The van der Waals surface area contributed by atoms with E-state index in [-0.39, 0.29) is 18.4 Å². The quantitative estimate of drug-likeness (QED) is 0.655. The van der Waals surface area contributed by atoms with Crippen LogP contribution in [0.25, 0.3) is 0 Å². The van der Waals surface area contributed by atoms with Crippen LogP contribution in [0.5, 0.6) is 0 Å². The fourth-order valence-electron chi connectivity index (χ4n) is 2.15. The summed E-state index contributed by atoms with van der Waals surface area (Å²) < 4.78 is 30.9. The van der Waals surface area contributed by atoms with Gasteiger partial charge < -0.3 is 10.5 Å². The van der Waals surface area contributed by atoms with Crippen LogP contribution in [-0.2, 0) is 14.8 Å². The normalized spacial score (nSPS) is 26.0. The van der Waals surface area contributed by atoms with Gasteiger partial charge in [-0.3, -0.25) is 0 Å². The van der Waals surface area contributed by atoms with Crippen LogP contribution >= 0.6 is 0 Å². The summed E-state index contributed by atoms with van der Waals surface area (Å²) in [4.78, 5) is 0. The Kier molecular flexibility index (Phi) is 6.40. The van der Waals surface area contributed by atoms with Crippen LogP contribution in [0.3, 0.4) is 0 Å². The summed E-state index contributed by atoms with van der Waals surface area (Å²) in [6.07, 6.45) is 4.16. The van der Waals surface area contributed by atoms with E-state index in [9.17, 15) is 8.42 Å². The molecule has 0 bridgehead atoms. The predicted octanol–water partition coefficient (Wildman–Crippen LogP) is 0.460. The fraction of sp³-hybridized carbons (Fsp3) is 1.00. The van der Waals surface area contributed by atoms with E-state index in [2.05, 4.69) is 4.72 Å². The van der Waals surface area contributed by atoms with Crippen LogP contribution in [0.4, 0.5) is 0 Å². The number of hydrogen-bond acceptors (Lipinski definition) is 4. The van der Waals surface area contributed by atoms with Crippen molar-refractivity contribution in [1.82, 2.24) is 4.72 Å². The van der Waals surface area contributed by atoms with Gasteiger partial charge in [-0.1, -0.05) is 6.42 Å². The number of ether oxygens (including phenoxy) is 1. The Bertz CT molecular complexity index is 306. The zero-order valence-electron chi connectivity index (χ0n) is 10.5. The van der Waals surface area contributed by atoms with Crippen LogP contribution < -0.4 is 10.5 Å². The monoisotopic (exact) mass is 264 g/mol. The van der Waals surface area contributed by atoms with Gasteiger partial charge in [0, 0.05) is 19.2 Å². The molecule has 0 saturated heterocycles. The number of hydrogen-bond donors (Lipinski definition) is 2. The number of rotatable bonds is 7. The lowest BCUT2D eigenvalue weighted by Gasteiger charge is -2.26. The van der Waals surface area contributed by atoms with Gasteiger partial charge in [0.25, 0.3) is 0 Å². The highest BCUT2D eigenvalue weighted by Gasteiger charge is 2.20. The molecule has 0 spiro atoms. The Morgan fingerprint density at radius 1 is 1.41 bits per heavy atom. The molecule has 1 rings (SSSR count). The largest absolute Gasteiger partial charge is 0.381 e. The van der Waals surface area contributed by atoms with E-state index in [0.29, 0.717) is 19.1 Å². The lowest BCUT2D eigenvalue weighted by Crippen LogP contribution is -2.37. The highest BCUT2D eigenvalue weighted by molar-refractivity contribution is 7.89. The smallest absolute Gasteiger partial charge is 0.213 e. The molecule has 0 heterocycles. The third-order valence-electron chi connectivity index (χ3n) is 3.12. The first kappa shape index (κ1) is 14.9. The Morgan fingerprint density at radius 3 is 2.82 bits per heavy atom. The highest BCUT2D eigenvalue weighted by Crippen LogP contribution is 2.22. The molecule has 0 amide bonds. The Labute approximate surface area is 104 Å². The van der Waals surface area contributed by atoms with Crippen molar-refractivity contribution in [2.24, 2.45) is 11.7 Å². The van der Waals surface area contributed by atoms with E-state index in [1.807, 2.05) is 6.92 Å². The Hall–Kier alpha value is -0.170. The first-order valence-electron chi connectivity index (χ1n) is 6.34. The summed E-state index contributed by atoms with van der Waals surface area (Å²) in [7, 11) is -3.19. The van der Waals surface area contributed by atoms with Crippen molar-refractivity contribution >= 4 is 10.0 Å². The molecule has 2 atom stereocenters. The molecule has 0 aromatic heterocycles. The van der Waals surface area contributed by atoms with Gasteiger partial charge in [0.15, 0.2) is 0 Å². The second-order valence-electron chi connectivity index (χ2n) is 4.66. The second-order valence-corrected chi connectivity index (χ2v) is 6.58. The van der Waals surface area contributed by atoms with Crippen molar-refractivity contribution in [1.29, 1.82) is 0 Å². The van der Waals surface area contributed by atoms with Gasteiger partial charge in [-0.2, -0.15) is 0 Å². The van der Waals surface area contributed by atoms with E-state index in [0.717, 1.165) is 25.7 Å². The molecule has 102 valence electrons. The van der Waals surface area contributed by atoms with Gasteiger partial charge in [0.2, 0.25) is 10.0 Å². The van der Waals surface area contributed by atoms with Crippen LogP contribution in [0.15, 0.2) is 0 Å². The molecular formula is C11H24N2O3S. The van der Waals surface area contributed by atoms with E-state index in [1.165, 1.54) is 0 Å². The van der Waals surface area contributed by atoms with Gasteiger partial charge in [0.05, 0.1) is 12.4 Å². The summed E-state index contributed by atoms with van der Waals surface area (Å²) in [5, 5.41) is 0. The molecule has 0 aromatic carbocycles. The van der Waals surface area contributed by atoms with Crippen molar-refractivity contribution in [2.45, 2.75) is 38.6 Å². The fourth-order valence-corrected chi connectivity index (χ4v) is 3.12. The maximum absolute atomic E-state index is 11.6. The van der Waals surface area contributed by atoms with Crippen LogP contribution in [0, 0.1) is 5.92 Å². The molecular weight excluding hydrogens is 240 g/mol. The third-order valence-corrected chi connectivity index (χ3v) is 4.43. The SMILES string of the molecule is CCOCCS(=O)(=O)NCC1CCCC(N)C1. The van der Waals surface area contributed by atoms with Crippen molar-refractivity contribution in [3.05, 3.63) is 0 Å². The molecule has 0 aromatic rings. The maximum Gasteiger partial charge on any atom is 0.213 e. The molecule has 0 radical (unpaired) electrons. The first-order chi connectivity index (χ1) is 8.03. The Balaban J connectivity index is 2.23. The minimum atomic E-state index is -3.19. The maximum atomic E-state index is 11.6. The van der Waals surface area contributed by atoms with Gasteiger partial charge in [-0.25, -0.2) is 13.1 Å². The zero-order chi connectivity index (χ0) is 12.7. The predicted molar refractivity (Wildman–Crippen MR) is 68.2 cm³/mol. The third kappa shape index (κ3) is 6.35. The van der Waals surface area contributed by atoms with E-state index >= 15 is 0 Å². The second kappa shape index (κ2) is 7.31. The van der Waals surface area contributed by atoms with E-state index < -0.39 is 10.0 Å². The topological polar surface area (TPSA) is 81.4 Å². The Morgan fingerprint density at radius 2 is 2.18 bits per heavy atom. The molecule has 1 fully saturated rings. The highest BCUT2D eigenvalue weighted by atomic mass is 32.2. The molecule has 2 unspecified atom stereocenters. The average molecular weight is 264 g/mol. The van der Waals surface area contributed by atoms with Crippen LogP contribution in [0.1, 0.15) is 32.6 Å². The first-order valence-corrected chi connectivity index (χ1v) is 7.99. The lowest BCUT2D eigenvalue weighted by molar-refractivity contribution is 0.163. The lowest BCUT2D eigenvalue weighted by atomic mass is 9.86. The van der Waals surface area contributed by atoms with Crippen molar-refractivity contribution in [2.75, 3.05) is 25.5 Å². The van der Waals surface area contributed by atoms with Crippen LogP contribution in [0.2, 0.25) is 0 Å². The molecule has 1 aliphatic rings. The molecule has 6 heteroatoms. The van der Waals surface area contributed by atoms with Gasteiger partial charge in [-0.05, 0) is 32.1 Å². The summed E-state index contributed by atoms with van der Waals surface area (Å²) in [5.41, 5.74) is 5.87. The summed E-state index contributed by atoms with van der Waals surface area (Å²) in [6.45, 7) is 3.18. The minimum absolute atomic E-state index is 0.0413. The van der Waals surface area contributed by atoms with Crippen LogP contribution in [-0.4, -0.2) is 40.0 Å². The number of nitrogens with two attached hydrogens (primary N) is 1. The van der Waals surface area contributed by atoms with Crippen molar-refractivity contribution in [3.8, 4) is 0 Å². The summed E-state index contributed by atoms with van der Waals surface area (Å²) >= 11 is 0. The molecule has 1 saturated carbocycles. The zero-order valence-corrected chi connectivity index (χ0v) is 11.3. The summed E-state index contributed by atoms with van der Waals surface area (Å²) in [6, 6.07) is 0.238. The van der Waals surface area contributed by atoms with Gasteiger partial charge in [-0.15, -0.1) is 0 Å². The van der Waals surface area contributed by atoms with Gasteiger partial charge in [0.1, 0.15) is 0 Å². The molecule has 5 nitrogen and oxygen atoms in total. The minimum Gasteiger partial charge on any atom is -0.381 e. The molecule has 3 N–H and O–H groups in total. The average Bonchev–Trinajstić information content (AvgIpc) is 2.27. The van der Waals surface area contributed by atoms with Crippen molar-refractivity contribution in [3.63, 3.8) is 0 Å².